The van der Waals surface area contributed by atoms with E-state index in [1.807, 2.05) is 12.1 Å². The summed E-state index contributed by atoms with van der Waals surface area (Å²) < 4.78 is 11.7. The predicted molar refractivity (Wildman–Crippen MR) is 284 cm³/mol. The molecule has 5 heterocycles. The Labute approximate surface area is 403 Å². The van der Waals surface area contributed by atoms with Crippen LogP contribution in [0, 0.1) is 0 Å². The molecule has 3 aromatic heterocycles. The number of benzene rings is 10. The largest absolute Gasteiger partial charge is 0.457 e. The Morgan fingerprint density at radius 2 is 0.914 bits per heavy atom. The van der Waals surface area contributed by atoms with E-state index in [4.69, 9.17) is 14.7 Å². The van der Waals surface area contributed by atoms with Gasteiger partial charge in [0, 0.05) is 55.0 Å². The van der Waals surface area contributed by atoms with Crippen molar-refractivity contribution in [2.45, 2.75) is 5.41 Å². The van der Waals surface area contributed by atoms with Gasteiger partial charge in [0.25, 0.3) is 0 Å². The van der Waals surface area contributed by atoms with Gasteiger partial charge in [-0.05, 0) is 89.0 Å². The van der Waals surface area contributed by atoms with Crippen molar-refractivity contribution < 1.29 is 4.74 Å². The molecule has 0 saturated heterocycles. The summed E-state index contributed by atoms with van der Waals surface area (Å²) in [5, 5.41) is 4.71. The molecule has 70 heavy (non-hydrogen) atoms. The Bertz CT molecular complexity index is 4160. The molecular weight excluding hydrogens is 853 g/mol. The molecule has 2 aliphatic rings. The summed E-state index contributed by atoms with van der Waals surface area (Å²) in [6, 6.07) is 87.2. The molecule has 15 rings (SSSR count). The Morgan fingerprint density at radius 1 is 0.357 bits per heavy atom. The van der Waals surface area contributed by atoms with E-state index in [9.17, 15) is 0 Å². The van der Waals surface area contributed by atoms with E-state index in [0.717, 1.165) is 95.0 Å². The molecule has 0 atom stereocenters. The summed E-state index contributed by atoms with van der Waals surface area (Å²) in [5.41, 5.74) is 18.0. The van der Waals surface area contributed by atoms with Crippen molar-refractivity contribution in [3.8, 4) is 67.9 Å². The first-order valence-corrected chi connectivity index (χ1v) is 23.9. The average molecular weight is 893 g/mol. The van der Waals surface area contributed by atoms with E-state index >= 15 is 0 Å². The highest BCUT2D eigenvalue weighted by atomic mass is 16.5. The second kappa shape index (κ2) is 14.8. The van der Waals surface area contributed by atoms with Crippen LogP contribution >= 0.6 is 0 Å². The average Bonchev–Trinajstić information content (AvgIpc) is 3.96. The predicted octanol–water partition coefficient (Wildman–Crippen LogP) is 16.1. The topological polar surface area (TPSA) is 44.9 Å². The van der Waals surface area contributed by atoms with Crippen LogP contribution in [-0.2, 0) is 5.41 Å². The number of nitrogens with zero attached hydrogens (tertiary/aromatic N) is 4. The van der Waals surface area contributed by atoms with Crippen LogP contribution in [0.3, 0.4) is 0 Å². The van der Waals surface area contributed by atoms with Crippen LogP contribution < -0.4 is 4.74 Å². The second-order valence-electron chi connectivity index (χ2n) is 18.4. The normalized spacial score (nSPS) is 13.1. The van der Waals surface area contributed by atoms with Gasteiger partial charge in [-0.1, -0.05) is 176 Å². The van der Waals surface area contributed by atoms with Crippen LogP contribution in [0.25, 0.3) is 100 Å². The molecule has 13 aromatic rings. The molecule has 0 unspecified atom stereocenters. The van der Waals surface area contributed by atoms with Crippen molar-refractivity contribution in [2.75, 3.05) is 0 Å². The lowest BCUT2D eigenvalue weighted by molar-refractivity contribution is 0.434. The first-order chi connectivity index (χ1) is 34.7. The fourth-order valence-corrected chi connectivity index (χ4v) is 11.9. The van der Waals surface area contributed by atoms with E-state index in [1.54, 1.807) is 0 Å². The van der Waals surface area contributed by atoms with Crippen LogP contribution in [-0.4, -0.2) is 19.1 Å². The van der Waals surface area contributed by atoms with Gasteiger partial charge in [0.05, 0.1) is 44.6 Å². The standard InChI is InChI=1S/C65H40N4O/c1-4-18-41(19-5-1)54-40-55(42-20-6-2-7-21-42)67-64(66-54)48-26-17-31-59-62(48)49-38-43(34-36-57(49)68(59)45-22-8-3-9-23-45)44-35-37-58-53(39-44)65(50-27-11-14-32-60(50)70-61-33-15-12-28-51(61)65)52-29-16-25-47-46-24-10-13-30-56(46)69(58)63(47)52/h1-40H. The number of fused-ring (bicyclic) bond motifs is 14. The fourth-order valence-electron chi connectivity index (χ4n) is 11.9. The molecule has 0 bridgehead atoms. The monoisotopic (exact) mass is 892 g/mol. The first-order valence-electron chi connectivity index (χ1n) is 23.9. The van der Waals surface area contributed by atoms with Crippen molar-refractivity contribution >= 4 is 43.6 Å². The smallest absolute Gasteiger partial charge is 0.161 e. The van der Waals surface area contributed by atoms with Crippen molar-refractivity contribution in [3.05, 3.63) is 265 Å². The van der Waals surface area contributed by atoms with Gasteiger partial charge in [-0.2, -0.15) is 0 Å². The van der Waals surface area contributed by atoms with Gasteiger partial charge in [0.15, 0.2) is 5.82 Å². The molecule has 5 nitrogen and oxygen atoms in total. The molecule has 0 saturated carbocycles. The number of para-hydroxylation sites is 5. The lowest BCUT2D eigenvalue weighted by Gasteiger charge is -2.45. The van der Waals surface area contributed by atoms with Crippen LogP contribution in [0.5, 0.6) is 11.5 Å². The van der Waals surface area contributed by atoms with Gasteiger partial charge in [-0.25, -0.2) is 9.97 Å². The number of rotatable bonds is 5. The second-order valence-corrected chi connectivity index (χ2v) is 18.4. The number of hydrogen-bond donors (Lipinski definition) is 0. The minimum absolute atomic E-state index is 0.680. The lowest BCUT2D eigenvalue weighted by Crippen LogP contribution is -2.37. The Balaban J connectivity index is 1.02. The third kappa shape index (κ3) is 5.43. The first kappa shape index (κ1) is 38.8. The number of aromatic nitrogens is 4. The highest BCUT2D eigenvalue weighted by Crippen LogP contribution is 2.60. The highest BCUT2D eigenvalue weighted by molar-refractivity contribution is 6.16. The summed E-state index contributed by atoms with van der Waals surface area (Å²) in [6.45, 7) is 0. The summed E-state index contributed by atoms with van der Waals surface area (Å²) in [4.78, 5) is 10.7. The van der Waals surface area contributed by atoms with Crippen molar-refractivity contribution in [2.24, 2.45) is 0 Å². The molecule has 0 radical (unpaired) electrons. The van der Waals surface area contributed by atoms with Crippen molar-refractivity contribution in [3.63, 3.8) is 0 Å². The Kier molecular flexibility index (Phi) is 8.21. The van der Waals surface area contributed by atoms with Gasteiger partial charge in [0.2, 0.25) is 0 Å². The molecule has 5 heteroatoms. The zero-order valence-corrected chi connectivity index (χ0v) is 37.8. The van der Waals surface area contributed by atoms with E-state index in [2.05, 4.69) is 240 Å². The van der Waals surface area contributed by atoms with E-state index in [-0.39, 0.29) is 0 Å². The Morgan fingerprint density at radius 3 is 1.64 bits per heavy atom. The van der Waals surface area contributed by atoms with Crippen LogP contribution in [0.2, 0.25) is 0 Å². The van der Waals surface area contributed by atoms with Crippen molar-refractivity contribution in [1.82, 2.24) is 19.1 Å². The maximum absolute atomic E-state index is 6.80. The van der Waals surface area contributed by atoms with Gasteiger partial charge in [-0.3, -0.25) is 0 Å². The molecule has 2 aliphatic heterocycles. The third-order valence-corrected chi connectivity index (χ3v) is 14.8. The fraction of sp³-hybridized carbons (Fsp3) is 0.0154. The molecule has 0 aliphatic carbocycles. The van der Waals surface area contributed by atoms with E-state index in [1.165, 1.54) is 32.9 Å². The van der Waals surface area contributed by atoms with E-state index in [0.29, 0.717) is 5.82 Å². The SMILES string of the molecule is c1ccc(-c2cc(-c3ccccc3)nc(-c3cccc4c3c3cc(-c5ccc6c(c5)C5(c7ccccc7Oc7ccccc75)c5cccc7c8ccccc8n-6c57)ccc3n4-c3ccccc3)n2)cc1. The molecule has 326 valence electrons. The summed E-state index contributed by atoms with van der Waals surface area (Å²) >= 11 is 0. The molecule has 1 spiro atoms. The number of ether oxygens (including phenoxy) is 1. The van der Waals surface area contributed by atoms with Gasteiger partial charge in [0.1, 0.15) is 11.5 Å². The maximum Gasteiger partial charge on any atom is 0.161 e. The van der Waals surface area contributed by atoms with Gasteiger partial charge in [-0.15, -0.1) is 0 Å². The van der Waals surface area contributed by atoms with Crippen molar-refractivity contribution in [1.29, 1.82) is 0 Å². The molecule has 0 fully saturated rings. The maximum atomic E-state index is 6.80. The minimum Gasteiger partial charge on any atom is -0.457 e. The zero-order valence-electron chi connectivity index (χ0n) is 37.8. The molecule has 0 N–H and O–H groups in total. The zero-order chi connectivity index (χ0) is 45.9. The van der Waals surface area contributed by atoms with Crippen LogP contribution in [0.15, 0.2) is 243 Å². The van der Waals surface area contributed by atoms with Gasteiger partial charge >= 0.3 is 0 Å². The van der Waals surface area contributed by atoms with Crippen LogP contribution in [0.1, 0.15) is 22.3 Å². The molecular formula is C65H40N4O. The summed E-state index contributed by atoms with van der Waals surface area (Å²) in [5.74, 6) is 2.42. The molecule has 10 aromatic carbocycles. The molecule has 0 amide bonds. The quantitative estimate of drug-likeness (QED) is 0.173. The number of hydrogen-bond acceptors (Lipinski definition) is 3. The summed E-state index contributed by atoms with van der Waals surface area (Å²) in [6.07, 6.45) is 0. The minimum atomic E-state index is -0.682. The van der Waals surface area contributed by atoms with Gasteiger partial charge < -0.3 is 13.9 Å². The highest BCUT2D eigenvalue weighted by Gasteiger charge is 2.50. The lowest BCUT2D eigenvalue weighted by atomic mass is 9.61. The van der Waals surface area contributed by atoms with E-state index < -0.39 is 5.41 Å². The Hall–Kier alpha value is -9.32. The third-order valence-electron chi connectivity index (χ3n) is 14.8. The summed E-state index contributed by atoms with van der Waals surface area (Å²) in [7, 11) is 0. The van der Waals surface area contributed by atoms with Crippen LogP contribution in [0.4, 0.5) is 0 Å².